The molecule has 0 aliphatic carbocycles. The van der Waals surface area contributed by atoms with E-state index in [1.807, 2.05) is 6.07 Å². The zero-order valence-electron chi connectivity index (χ0n) is 6.32. The monoisotopic (exact) mass is 306 g/mol. The molecule has 0 unspecified atom stereocenters. The van der Waals surface area contributed by atoms with Gasteiger partial charge in [-0.25, -0.2) is 0 Å². The second kappa shape index (κ2) is 4.66. The van der Waals surface area contributed by atoms with Crippen molar-refractivity contribution in [2.75, 3.05) is 0 Å². The van der Waals surface area contributed by atoms with Gasteiger partial charge in [0.15, 0.2) is 0 Å². The van der Waals surface area contributed by atoms with E-state index in [0.717, 1.165) is 6.42 Å². The molecule has 0 atom stereocenters. The van der Waals surface area contributed by atoms with Crippen LogP contribution in [-0.2, 0) is 26.8 Å². The average Bonchev–Trinajstić information content (AvgIpc) is 1.90. The molecule has 0 fully saturated rings. The van der Waals surface area contributed by atoms with Gasteiger partial charge in [-0.15, -0.1) is 0 Å². The summed E-state index contributed by atoms with van der Waals surface area (Å²) in [6.45, 7) is 4.22. The summed E-state index contributed by atoms with van der Waals surface area (Å²) in [6.07, 6.45) is 1.08. The molecule has 0 aliphatic heterocycles. The predicted octanol–water partition coefficient (Wildman–Crippen LogP) is 2.36. The molecule has 1 aromatic rings. The molecule has 10 heavy (non-hydrogen) atoms. The van der Waals surface area contributed by atoms with Gasteiger partial charge in [-0.05, 0) is 0 Å². The van der Waals surface area contributed by atoms with Crippen molar-refractivity contribution in [1.82, 2.24) is 0 Å². The first kappa shape index (κ1) is 9.88. The molecule has 0 nitrogen and oxygen atoms in total. The summed E-state index contributed by atoms with van der Waals surface area (Å²) in [6, 6.07) is 9.45. The minimum absolute atomic E-state index is 0. The third-order valence-corrected chi connectivity index (χ3v) is 1.41. The van der Waals surface area contributed by atoms with Crippen LogP contribution >= 0.6 is 0 Å². The summed E-state index contributed by atoms with van der Waals surface area (Å²) in [5.41, 5.74) is 2.58. The van der Waals surface area contributed by atoms with E-state index in [1.54, 1.807) is 0 Å². The van der Waals surface area contributed by atoms with Crippen molar-refractivity contribution in [3.05, 3.63) is 35.4 Å². The quantitative estimate of drug-likeness (QED) is 0.699. The molecule has 1 aromatic carbocycles. The summed E-state index contributed by atoms with van der Waals surface area (Å²) in [5.74, 6) is 0. The zero-order valence-corrected chi connectivity index (χ0v) is 9.03. The van der Waals surface area contributed by atoms with Crippen LogP contribution in [0.5, 0.6) is 0 Å². The summed E-state index contributed by atoms with van der Waals surface area (Å²) >= 11 is 0. The van der Waals surface area contributed by atoms with E-state index in [1.165, 1.54) is 11.1 Å². The molecular formula is C9H11Re-. The van der Waals surface area contributed by atoms with Gasteiger partial charge in [0.05, 0.1) is 0 Å². The van der Waals surface area contributed by atoms with E-state index in [-0.39, 0.29) is 20.4 Å². The Balaban J connectivity index is 0.000000810. The first-order valence-corrected chi connectivity index (χ1v) is 3.30. The van der Waals surface area contributed by atoms with Crippen molar-refractivity contribution in [3.63, 3.8) is 0 Å². The van der Waals surface area contributed by atoms with Gasteiger partial charge in [0.25, 0.3) is 0 Å². The summed E-state index contributed by atoms with van der Waals surface area (Å²) in [7, 11) is 0. The first-order chi connectivity index (χ1) is 4.33. The Morgan fingerprint density at radius 3 is 2.50 bits per heavy atom. The van der Waals surface area contributed by atoms with Crippen LogP contribution in [0.25, 0.3) is 0 Å². The topological polar surface area (TPSA) is 0 Å². The minimum atomic E-state index is 0. The average molecular weight is 305 g/mol. The smallest absolute Gasteiger partial charge is 0 e. The number of rotatable bonds is 1. The molecule has 0 aliphatic rings. The van der Waals surface area contributed by atoms with Crippen LogP contribution in [0.1, 0.15) is 18.1 Å². The van der Waals surface area contributed by atoms with E-state index in [2.05, 4.69) is 32.0 Å². The van der Waals surface area contributed by atoms with Crippen LogP contribution in [0, 0.1) is 13.0 Å². The van der Waals surface area contributed by atoms with Crippen molar-refractivity contribution in [2.45, 2.75) is 20.3 Å². The van der Waals surface area contributed by atoms with Crippen LogP contribution < -0.4 is 0 Å². The molecule has 0 aromatic heterocycles. The van der Waals surface area contributed by atoms with E-state index < -0.39 is 0 Å². The maximum Gasteiger partial charge on any atom is 0 e. The van der Waals surface area contributed by atoms with Crippen molar-refractivity contribution in [1.29, 1.82) is 0 Å². The van der Waals surface area contributed by atoms with E-state index in [4.69, 9.17) is 0 Å². The normalized spacial score (nSPS) is 8.60. The summed E-state index contributed by atoms with van der Waals surface area (Å²) < 4.78 is 0. The van der Waals surface area contributed by atoms with Crippen LogP contribution in [0.2, 0.25) is 0 Å². The second-order valence-corrected chi connectivity index (χ2v) is 2.24. The Morgan fingerprint density at radius 2 is 2.10 bits per heavy atom. The first-order valence-electron chi connectivity index (χ1n) is 3.30. The summed E-state index contributed by atoms with van der Waals surface area (Å²) in [5, 5.41) is 0. The molecule has 1 radical (unpaired) electrons. The SMILES string of the molecule is CCc1[c-]cc(C)cc1.[Re]. The van der Waals surface area contributed by atoms with E-state index in [9.17, 15) is 0 Å². The minimum Gasteiger partial charge on any atom is -0.180 e. The Hall–Kier alpha value is -0.118. The molecule has 0 N–H and O–H groups in total. The maximum atomic E-state index is 3.19. The van der Waals surface area contributed by atoms with Crippen molar-refractivity contribution in [3.8, 4) is 0 Å². The molecule has 0 saturated carbocycles. The second-order valence-electron chi connectivity index (χ2n) is 2.24. The van der Waals surface area contributed by atoms with Gasteiger partial charge < -0.3 is 0 Å². The van der Waals surface area contributed by atoms with Gasteiger partial charge in [-0.3, -0.25) is 0 Å². The van der Waals surface area contributed by atoms with Crippen LogP contribution in [0.15, 0.2) is 18.2 Å². The number of hydrogen-bond donors (Lipinski definition) is 0. The van der Waals surface area contributed by atoms with E-state index in [0.29, 0.717) is 0 Å². The molecule has 1 heteroatoms. The van der Waals surface area contributed by atoms with Gasteiger partial charge in [-0.2, -0.15) is 35.4 Å². The molecule has 1 rings (SSSR count). The fourth-order valence-electron chi connectivity index (χ4n) is 0.755. The van der Waals surface area contributed by atoms with Crippen LogP contribution in [0.4, 0.5) is 0 Å². The van der Waals surface area contributed by atoms with Crippen LogP contribution in [-0.4, -0.2) is 0 Å². The van der Waals surface area contributed by atoms with Gasteiger partial charge in [0.1, 0.15) is 0 Å². The molecule has 55 valence electrons. The van der Waals surface area contributed by atoms with Crippen molar-refractivity contribution >= 4 is 0 Å². The number of hydrogen-bond acceptors (Lipinski definition) is 0. The van der Waals surface area contributed by atoms with Crippen LogP contribution in [0.3, 0.4) is 0 Å². The van der Waals surface area contributed by atoms with Gasteiger partial charge in [-0.1, -0.05) is 20.3 Å². The van der Waals surface area contributed by atoms with Gasteiger partial charge in [0, 0.05) is 20.4 Å². The molecule has 0 heterocycles. The molecule has 0 bridgehead atoms. The molecule has 0 amide bonds. The third-order valence-electron chi connectivity index (χ3n) is 1.41. The van der Waals surface area contributed by atoms with E-state index >= 15 is 0 Å². The van der Waals surface area contributed by atoms with Gasteiger partial charge in [0.2, 0.25) is 0 Å². The standard InChI is InChI=1S/C9H11.Re/c1-3-9-6-4-8(2)5-7-9;/h4-6H,3H2,1-2H3;/q-1;. The molecular weight excluding hydrogens is 294 g/mol. The molecule has 0 spiro atoms. The fourth-order valence-corrected chi connectivity index (χ4v) is 0.755. The Morgan fingerprint density at radius 1 is 1.40 bits per heavy atom. The zero-order chi connectivity index (χ0) is 6.69. The number of aryl methyl sites for hydroxylation is 2. The largest absolute Gasteiger partial charge is 0.180 e. The van der Waals surface area contributed by atoms with Crippen molar-refractivity contribution in [2.24, 2.45) is 0 Å². The molecule has 0 saturated heterocycles. The van der Waals surface area contributed by atoms with Crippen molar-refractivity contribution < 1.29 is 20.4 Å². The predicted molar refractivity (Wildman–Crippen MR) is 39.4 cm³/mol. The van der Waals surface area contributed by atoms with Gasteiger partial charge >= 0.3 is 0 Å². The Labute approximate surface area is 76.3 Å². The third kappa shape index (κ3) is 2.64. The number of benzene rings is 1. The Bertz CT molecular complexity index is 176. The maximum absolute atomic E-state index is 3.19. The fraction of sp³-hybridized carbons (Fsp3) is 0.333. The Kier molecular flexibility index (Phi) is 4.61. The summed E-state index contributed by atoms with van der Waals surface area (Å²) in [4.78, 5) is 0.